The van der Waals surface area contributed by atoms with Gasteiger partial charge >= 0.3 is 0 Å². The largest absolute Gasteiger partial charge is 0.382 e. The van der Waals surface area contributed by atoms with Crippen molar-refractivity contribution in [2.45, 2.75) is 12.8 Å². The van der Waals surface area contributed by atoms with Gasteiger partial charge in [-0.1, -0.05) is 0 Å². The minimum Gasteiger partial charge on any atom is -0.382 e. The maximum atomic E-state index is 5.38. The molecule has 1 fully saturated rings. The average molecular weight is 310 g/mol. The third kappa shape index (κ3) is 2.52. The van der Waals surface area contributed by atoms with E-state index >= 15 is 0 Å². The molecule has 0 bridgehead atoms. The van der Waals surface area contributed by atoms with Crippen LogP contribution in [0.5, 0.6) is 0 Å². The Morgan fingerprint density at radius 1 is 1.44 bits per heavy atom. The molecule has 0 unspecified atom stereocenters. The molecule has 2 aromatic heterocycles. The highest BCUT2D eigenvalue weighted by molar-refractivity contribution is 9.10. The molecule has 0 aliphatic carbocycles. The van der Waals surface area contributed by atoms with Crippen molar-refractivity contribution in [2.24, 2.45) is 5.92 Å². The maximum Gasteiger partial charge on any atom is 0.160 e. The number of ether oxygens (including phenoxy) is 1. The van der Waals surface area contributed by atoms with E-state index in [9.17, 15) is 0 Å². The third-order valence-corrected chi connectivity index (χ3v) is 3.81. The second-order valence-electron chi connectivity index (χ2n) is 4.67. The molecule has 5 heteroatoms. The SMILES string of the molecule is Brc1cc(NCC2CCOCC2)c2nccn2c1. The average Bonchev–Trinajstić information content (AvgIpc) is 2.85. The lowest BCUT2D eigenvalue weighted by atomic mass is 10.0. The summed E-state index contributed by atoms with van der Waals surface area (Å²) in [6, 6.07) is 2.08. The highest BCUT2D eigenvalue weighted by atomic mass is 79.9. The first kappa shape index (κ1) is 12.0. The molecular weight excluding hydrogens is 294 g/mol. The van der Waals surface area contributed by atoms with Gasteiger partial charge in [0.05, 0.1) is 5.69 Å². The van der Waals surface area contributed by atoms with E-state index in [1.807, 2.05) is 23.0 Å². The predicted octanol–water partition coefficient (Wildman–Crippen LogP) is 2.94. The molecule has 3 rings (SSSR count). The summed E-state index contributed by atoms with van der Waals surface area (Å²) in [5.74, 6) is 0.702. The molecule has 1 saturated heterocycles. The Morgan fingerprint density at radius 3 is 3.11 bits per heavy atom. The second kappa shape index (κ2) is 5.28. The summed E-state index contributed by atoms with van der Waals surface area (Å²) in [5.41, 5.74) is 2.06. The van der Waals surface area contributed by atoms with Crippen LogP contribution in [0.1, 0.15) is 12.8 Å². The quantitative estimate of drug-likeness (QED) is 0.947. The van der Waals surface area contributed by atoms with Crippen LogP contribution in [-0.2, 0) is 4.74 Å². The summed E-state index contributed by atoms with van der Waals surface area (Å²) >= 11 is 3.53. The highest BCUT2D eigenvalue weighted by Gasteiger charge is 2.14. The number of imidazole rings is 1. The molecule has 0 radical (unpaired) electrons. The number of aromatic nitrogens is 2. The van der Waals surface area contributed by atoms with Crippen LogP contribution < -0.4 is 5.32 Å². The van der Waals surface area contributed by atoms with E-state index in [0.717, 1.165) is 48.4 Å². The van der Waals surface area contributed by atoms with Crippen LogP contribution in [0.2, 0.25) is 0 Å². The minimum absolute atomic E-state index is 0.702. The summed E-state index contributed by atoms with van der Waals surface area (Å²) in [4.78, 5) is 4.38. The van der Waals surface area contributed by atoms with Crippen molar-refractivity contribution in [3.8, 4) is 0 Å². The number of anilines is 1. The molecule has 1 N–H and O–H groups in total. The third-order valence-electron chi connectivity index (χ3n) is 3.38. The van der Waals surface area contributed by atoms with Crippen molar-refractivity contribution in [1.82, 2.24) is 9.38 Å². The number of hydrogen-bond acceptors (Lipinski definition) is 3. The summed E-state index contributed by atoms with van der Waals surface area (Å²) < 4.78 is 8.46. The first-order valence-electron chi connectivity index (χ1n) is 6.27. The number of nitrogens with zero attached hydrogens (tertiary/aromatic N) is 2. The van der Waals surface area contributed by atoms with E-state index in [1.54, 1.807) is 0 Å². The number of rotatable bonds is 3. The number of pyridine rings is 1. The molecule has 96 valence electrons. The van der Waals surface area contributed by atoms with E-state index < -0.39 is 0 Å². The maximum absolute atomic E-state index is 5.38. The number of nitrogens with one attached hydrogen (secondary N) is 1. The van der Waals surface area contributed by atoms with Gasteiger partial charge in [-0.25, -0.2) is 4.98 Å². The Bertz CT molecular complexity index is 534. The minimum atomic E-state index is 0.702. The van der Waals surface area contributed by atoms with Gasteiger partial charge < -0.3 is 14.5 Å². The molecule has 3 heterocycles. The van der Waals surface area contributed by atoms with Crippen LogP contribution in [0.3, 0.4) is 0 Å². The van der Waals surface area contributed by atoms with Gasteiger partial charge in [-0.3, -0.25) is 0 Å². The molecule has 1 aliphatic rings. The molecule has 1 aliphatic heterocycles. The van der Waals surface area contributed by atoms with Crippen molar-refractivity contribution >= 4 is 27.3 Å². The van der Waals surface area contributed by atoms with E-state index in [-0.39, 0.29) is 0 Å². The summed E-state index contributed by atoms with van der Waals surface area (Å²) in [6.45, 7) is 2.77. The first-order valence-corrected chi connectivity index (χ1v) is 7.06. The molecular formula is C13H16BrN3O. The topological polar surface area (TPSA) is 38.6 Å². The molecule has 0 aromatic carbocycles. The van der Waals surface area contributed by atoms with Gasteiger partial charge in [-0.2, -0.15) is 0 Å². The predicted molar refractivity (Wildman–Crippen MR) is 74.9 cm³/mol. The van der Waals surface area contributed by atoms with Gasteiger partial charge in [-0.05, 0) is 40.8 Å². The van der Waals surface area contributed by atoms with E-state index in [2.05, 4.69) is 32.3 Å². The van der Waals surface area contributed by atoms with Crippen molar-refractivity contribution < 1.29 is 4.74 Å². The lowest BCUT2D eigenvalue weighted by Crippen LogP contribution is -2.22. The zero-order valence-electron chi connectivity index (χ0n) is 10.1. The monoisotopic (exact) mass is 309 g/mol. The molecule has 4 nitrogen and oxygen atoms in total. The van der Waals surface area contributed by atoms with Gasteiger partial charge in [0, 0.05) is 42.8 Å². The van der Waals surface area contributed by atoms with Gasteiger partial charge in [0.1, 0.15) is 0 Å². The number of halogens is 1. The smallest absolute Gasteiger partial charge is 0.160 e. The van der Waals surface area contributed by atoms with Crippen LogP contribution in [0, 0.1) is 5.92 Å². The number of hydrogen-bond donors (Lipinski definition) is 1. The Labute approximate surface area is 114 Å². The van der Waals surface area contributed by atoms with Crippen molar-refractivity contribution in [3.63, 3.8) is 0 Å². The van der Waals surface area contributed by atoms with Crippen LogP contribution in [0.15, 0.2) is 29.1 Å². The van der Waals surface area contributed by atoms with Gasteiger partial charge in [-0.15, -0.1) is 0 Å². The van der Waals surface area contributed by atoms with Gasteiger partial charge in [0.25, 0.3) is 0 Å². The van der Waals surface area contributed by atoms with E-state index in [4.69, 9.17) is 4.74 Å². The zero-order chi connectivity index (χ0) is 12.4. The van der Waals surface area contributed by atoms with Crippen LogP contribution in [0.25, 0.3) is 5.65 Å². The molecule has 18 heavy (non-hydrogen) atoms. The first-order chi connectivity index (χ1) is 8.83. The second-order valence-corrected chi connectivity index (χ2v) is 5.58. The van der Waals surface area contributed by atoms with E-state index in [1.165, 1.54) is 0 Å². The van der Waals surface area contributed by atoms with Gasteiger partial charge in [0.15, 0.2) is 5.65 Å². The Morgan fingerprint density at radius 2 is 2.28 bits per heavy atom. The van der Waals surface area contributed by atoms with Crippen molar-refractivity contribution in [1.29, 1.82) is 0 Å². The zero-order valence-corrected chi connectivity index (χ0v) is 11.7. The van der Waals surface area contributed by atoms with Crippen molar-refractivity contribution in [2.75, 3.05) is 25.1 Å². The highest BCUT2D eigenvalue weighted by Crippen LogP contribution is 2.23. The van der Waals surface area contributed by atoms with Crippen LogP contribution in [-0.4, -0.2) is 29.1 Å². The lowest BCUT2D eigenvalue weighted by Gasteiger charge is -2.22. The summed E-state index contributed by atoms with van der Waals surface area (Å²) in [7, 11) is 0. The Hall–Kier alpha value is -1.07. The Balaban J connectivity index is 1.75. The molecule has 0 spiro atoms. The molecule has 0 amide bonds. The molecule has 0 saturated carbocycles. The van der Waals surface area contributed by atoms with Crippen LogP contribution in [0.4, 0.5) is 5.69 Å². The lowest BCUT2D eigenvalue weighted by molar-refractivity contribution is 0.0699. The summed E-state index contributed by atoms with van der Waals surface area (Å²) in [5, 5.41) is 3.52. The number of fused-ring (bicyclic) bond motifs is 1. The fraction of sp³-hybridized carbons (Fsp3) is 0.462. The van der Waals surface area contributed by atoms with Crippen LogP contribution >= 0.6 is 15.9 Å². The fourth-order valence-corrected chi connectivity index (χ4v) is 2.78. The van der Waals surface area contributed by atoms with E-state index in [0.29, 0.717) is 5.92 Å². The molecule has 0 atom stereocenters. The van der Waals surface area contributed by atoms with Crippen molar-refractivity contribution in [3.05, 3.63) is 29.1 Å². The standard InChI is InChI=1S/C13H16BrN3O/c14-11-7-12(13-15-3-4-17(13)9-11)16-8-10-1-5-18-6-2-10/h3-4,7,9-10,16H,1-2,5-6,8H2. The summed E-state index contributed by atoms with van der Waals surface area (Å²) in [6.07, 6.45) is 8.08. The molecule has 2 aromatic rings. The fourth-order valence-electron chi connectivity index (χ4n) is 2.33. The normalized spacial score (nSPS) is 17.2. The Kier molecular flexibility index (Phi) is 3.52. The van der Waals surface area contributed by atoms with Gasteiger partial charge in [0.2, 0.25) is 0 Å².